The van der Waals surface area contributed by atoms with E-state index in [1.165, 1.54) is 35.2 Å². The lowest BCUT2D eigenvalue weighted by molar-refractivity contribution is -0.140. The first-order valence-electron chi connectivity index (χ1n) is 12.5. The maximum Gasteiger partial charge on any atom is 0.264 e. The fourth-order valence-corrected chi connectivity index (χ4v) is 6.52. The molecule has 0 saturated heterocycles. The van der Waals surface area contributed by atoms with E-state index in [0.717, 1.165) is 4.31 Å². The summed E-state index contributed by atoms with van der Waals surface area (Å²) in [6.45, 7) is 3.42. The zero-order chi connectivity index (χ0) is 29.4. The molecule has 3 rings (SSSR count). The van der Waals surface area contributed by atoms with E-state index in [4.69, 9.17) is 46.4 Å². The van der Waals surface area contributed by atoms with Gasteiger partial charge in [0.15, 0.2) is 0 Å². The lowest BCUT2D eigenvalue weighted by Gasteiger charge is -2.33. The quantitative estimate of drug-likeness (QED) is 0.234. The molecular weight excluding hydrogens is 616 g/mol. The van der Waals surface area contributed by atoms with Crippen LogP contribution in [0.5, 0.6) is 0 Å². The third-order valence-corrected chi connectivity index (χ3v) is 8.98. The van der Waals surface area contributed by atoms with Crippen LogP contribution in [0.25, 0.3) is 0 Å². The molecule has 7 nitrogen and oxygen atoms in total. The SMILES string of the molecule is CCCNC(=O)C(CC)N(Cc1ccc(Cl)cc1Cl)C(=O)CN(c1ccc(Cl)cc1Cl)S(=O)(=O)c1ccccc1. The number of hydrogen-bond acceptors (Lipinski definition) is 4. The molecule has 12 heteroatoms. The summed E-state index contributed by atoms with van der Waals surface area (Å²) in [5, 5.41) is 3.90. The number of anilines is 1. The Kier molecular flexibility index (Phi) is 11.5. The Bertz CT molecular complexity index is 1460. The molecular formula is C28H29Cl4N3O4S. The minimum Gasteiger partial charge on any atom is -0.354 e. The van der Waals surface area contributed by atoms with Crippen molar-refractivity contribution in [1.29, 1.82) is 0 Å². The van der Waals surface area contributed by atoms with Gasteiger partial charge in [0.05, 0.1) is 15.6 Å². The number of hydrogen-bond donors (Lipinski definition) is 1. The molecule has 40 heavy (non-hydrogen) atoms. The summed E-state index contributed by atoms with van der Waals surface area (Å²) in [4.78, 5) is 28.5. The van der Waals surface area contributed by atoms with Gasteiger partial charge in [-0.25, -0.2) is 8.42 Å². The zero-order valence-electron chi connectivity index (χ0n) is 21.9. The van der Waals surface area contributed by atoms with Crippen molar-refractivity contribution in [2.45, 2.75) is 44.2 Å². The topological polar surface area (TPSA) is 86.8 Å². The van der Waals surface area contributed by atoms with Crippen molar-refractivity contribution in [2.24, 2.45) is 0 Å². The first-order chi connectivity index (χ1) is 19.0. The van der Waals surface area contributed by atoms with Crippen molar-refractivity contribution < 1.29 is 18.0 Å². The largest absolute Gasteiger partial charge is 0.354 e. The van der Waals surface area contributed by atoms with E-state index in [2.05, 4.69) is 5.32 Å². The first kappa shape index (κ1) is 32.0. The Morgan fingerprint density at radius 2 is 1.50 bits per heavy atom. The van der Waals surface area contributed by atoms with Gasteiger partial charge in [-0.3, -0.25) is 13.9 Å². The molecule has 0 fully saturated rings. The van der Waals surface area contributed by atoms with E-state index >= 15 is 0 Å². The number of amides is 2. The Hall–Kier alpha value is -2.49. The van der Waals surface area contributed by atoms with Crippen LogP contribution in [0.2, 0.25) is 20.1 Å². The van der Waals surface area contributed by atoms with Gasteiger partial charge in [0.2, 0.25) is 11.8 Å². The number of nitrogens with one attached hydrogen (secondary N) is 1. The second-order valence-corrected chi connectivity index (χ2v) is 12.4. The fourth-order valence-electron chi connectivity index (χ4n) is 4.04. The van der Waals surface area contributed by atoms with Crippen LogP contribution in [-0.2, 0) is 26.2 Å². The van der Waals surface area contributed by atoms with E-state index in [0.29, 0.717) is 33.6 Å². The number of rotatable bonds is 12. The predicted molar refractivity (Wildman–Crippen MR) is 162 cm³/mol. The van der Waals surface area contributed by atoms with Crippen LogP contribution in [-0.4, -0.2) is 44.3 Å². The van der Waals surface area contributed by atoms with E-state index in [-0.39, 0.29) is 34.5 Å². The standard InChI is InChI=1S/C28H29Cl4N3O4S/c1-3-14-33-28(37)25(4-2)34(17-19-10-11-20(29)15-23(19)31)27(36)18-35(26-13-12-21(30)16-24(26)32)40(38,39)22-8-6-5-7-9-22/h5-13,15-16,25H,3-4,14,17-18H2,1-2H3,(H,33,37). The maximum absolute atomic E-state index is 14.0. The monoisotopic (exact) mass is 643 g/mol. The van der Waals surface area contributed by atoms with Crippen LogP contribution in [0.3, 0.4) is 0 Å². The molecule has 0 aromatic heterocycles. The molecule has 0 heterocycles. The van der Waals surface area contributed by atoms with Crippen LogP contribution in [0.4, 0.5) is 5.69 Å². The highest BCUT2D eigenvalue weighted by molar-refractivity contribution is 7.92. The normalized spacial score (nSPS) is 12.1. The van der Waals surface area contributed by atoms with Crippen molar-refractivity contribution in [3.63, 3.8) is 0 Å². The molecule has 0 saturated carbocycles. The predicted octanol–water partition coefficient (Wildman–Crippen LogP) is 6.83. The Labute approximate surface area is 255 Å². The Morgan fingerprint density at radius 1 is 0.875 bits per heavy atom. The third-order valence-electron chi connectivity index (χ3n) is 6.08. The summed E-state index contributed by atoms with van der Waals surface area (Å²) < 4.78 is 28.6. The summed E-state index contributed by atoms with van der Waals surface area (Å²) in [7, 11) is -4.26. The first-order valence-corrected chi connectivity index (χ1v) is 15.5. The van der Waals surface area contributed by atoms with Crippen LogP contribution in [0.1, 0.15) is 32.3 Å². The summed E-state index contributed by atoms with van der Waals surface area (Å²) in [6.07, 6.45) is 0.983. The van der Waals surface area contributed by atoms with Crippen LogP contribution in [0.15, 0.2) is 71.6 Å². The van der Waals surface area contributed by atoms with E-state index in [9.17, 15) is 18.0 Å². The minimum absolute atomic E-state index is 0.0335. The second kappa shape index (κ2) is 14.4. The van der Waals surface area contributed by atoms with Gasteiger partial charge in [0.25, 0.3) is 10.0 Å². The van der Waals surface area contributed by atoms with Gasteiger partial charge in [-0.15, -0.1) is 0 Å². The molecule has 0 spiro atoms. The molecule has 0 bridgehead atoms. The smallest absolute Gasteiger partial charge is 0.264 e. The summed E-state index contributed by atoms with van der Waals surface area (Å²) in [5.74, 6) is -0.986. The fraction of sp³-hybridized carbons (Fsp3) is 0.286. The summed E-state index contributed by atoms with van der Waals surface area (Å²) in [5.41, 5.74) is 0.611. The van der Waals surface area contributed by atoms with E-state index in [1.54, 1.807) is 43.3 Å². The van der Waals surface area contributed by atoms with Gasteiger partial charge in [0.1, 0.15) is 12.6 Å². The number of carbonyl (C=O) groups excluding carboxylic acids is 2. The van der Waals surface area contributed by atoms with Crippen LogP contribution in [0, 0.1) is 0 Å². The molecule has 3 aromatic carbocycles. The van der Waals surface area contributed by atoms with Crippen LogP contribution >= 0.6 is 46.4 Å². The number of benzene rings is 3. The van der Waals surface area contributed by atoms with Crippen LogP contribution < -0.4 is 9.62 Å². The van der Waals surface area contributed by atoms with Gasteiger partial charge in [-0.05, 0) is 60.9 Å². The van der Waals surface area contributed by atoms with Crippen molar-refractivity contribution >= 4 is 73.9 Å². The number of nitrogens with zero attached hydrogens (tertiary/aromatic N) is 2. The van der Waals surface area contributed by atoms with E-state index < -0.39 is 28.5 Å². The number of halogens is 4. The van der Waals surface area contributed by atoms with Gasteiger partial charge in [-0.1, -0.05) is 84.5 Å². The molecule has 0 aliphatic rings. The van der Waals surface area contributed by atoms with Gasteiger partial charge >= 0.3 is 0 Å². The minimum atomic E-state index is -4.26. The van der Waals surface area contributed by atoms with E-state index in [1.807, 2.05) is 6.92 Å². The zero-order valence-corrected chi connectivity index (χ0v) is 25.8. The Balaban J connectivity index is 2.09. The molecule has 1 N–H and O–H groups in total. The molecule has 3 aromatic rings. The van der Waals surface area contributed by atoms with Gasteiger partial charge in [0, 0.05) is 28.2 Å². The average molecular weight is 645 g/mol. The molecule has 0 aliphatic heterocycles. The second-order valence-electron chi connectivity index (χ2n) is 8.89. The lowest BCUT2D eigenvalue weighted by Crippen LogP contribution is -2.52. The highest BCUT2D eigenvalue weighted by Gasteiger charge is 2.34. The van der Waals surface area contributed by atoms with Crippen molar-refractivity contribution in [2.75, 3.05) is 17.4 Å². The van der Waals surface area contributed by atoms with Crippen molar-refractivity contribution in [3.05, 3.63) is 92.4 Å². The molecule has 1 unspecified atom stereocenters. The lowest BCUT2D eigenvalue weighted by atomic mass is 10.1. The van der Waals surface area contributed by atoms with Gasteiger partial charge < -0.3 is 10.2 Å². The highest BCUT2D eigenvalue weighted by atomic mass is 35.5. The van der Waals surface area contributed by atoms with Gasteiger partial charge in [-0.2, -0.15) is 0 Å². The summed E-state index contributed by atoms with van der Waals surface area (Å²) >= 11 is 25.0. The molecule has 1 atom stereocenters. The number of sulfonamides is 1. The maximum atomic E-state index is 14.0. The molecule has 2 amide bonds. The molecule has 0 radical (unpaired) electrons. The summed E-state index contributed by atoms with van der Waals surface area (Å²) in [6, 6.07) is 15.9. The molecule has 214 valence electrons. The highest BCUT2D eigenvalue weighted by Crippen LogP contribution is 2.33. The Morgan fingerprint density at radius 3 is 2.08 bits per heavy atom. The average Bonchev–Trinajstić information content (AvgIpc) is 2.92. The van der Waals surface area contributed by atoms with Crippen molar-refractivity contribution in [3.8, 4) is 0 Å². The number of carbonyl (C=O) groups is 2. The van der Waals surface area contributed by atoms with Crippen molar-refractivity contribution in [1.82, 2.24) is 10.2 Å². The molecule has 0 aliphatic carbocycles. The third kappa shape index (κ3) is 7.83.